The summed E-state index contributed by atoms with van der Waals surface area (Å²) in [5.41, 5.74) is 6.05. The van der Waals surface area contributed by atoms with Crippen LogP contribution in [-0.2, 0) is 11.3 Å². The minimum atomic E-state index is -0.294. The minimum Gasteiger partial charge on any atom is -0.497 e. The first-order valence-corrected chi connectivity index (χ1v) is 5.59. The van der Waals surface area contributed by atoms with Crippen molar-refractivity contribution in [2.24, 2.45) is 5.73 Å². The summed E-state index contributed by atoms with van der Waals surface area (Å²) in [7, 11) is 1.64. The van der Waals surface area contributed by atoms with Gasteiger partial charge in [-0.3, -0.25) is 4.79 Å². The third kappa shape index (κ3) is 4.87. The Hall–Kier alpha value is -1.55. The number of carbonyl (C=O) groups is 1. The lowest BCUT2D eigenvalue weighted by Crippen LogP contribution is -2.42. The first kappa shape index (κ1) is 13.5. The number of hydrogen-bond donors (Lipinski definition) is 2. The fourth-order valence-electron chi connectivity index (χ4n) is 1.58. The Labute approximate surface area is 102 Å². The van der Waals surface area contributed by atoms with Gasteiger partial charge in [-0.2, -0.15) is 0 Å². The third-order valence-corrected chi connectivity index (χ3v) is 2.55. The average molecular weight is 236 g/mol. The maximum atomic E-state index is 10.9. The Morgan fingerprint density at radius 3 is 2.41 bits per heavy atom. The van der Waals surface area contributed by atoms with Crippen LogP contribution in [0.15, 0.2) is 24.3 Å². The smallest absolute Gasteiger partial charge is 0.219 e. The molecule has 1 rings (SSSR count). The highest BCUT2D eigenvalue weighted by atomic mass is 16.5. The SMILES string of the molecule is COc1ccc(CNC(C)(C)CC(N)=O)cc1. The number of hydrogen-bond acceptors (Lipinski definition) is 3. The van der Waals surface area contributed by atoms with Crippen LogP contribution >= 0.6 is 0 Å². The summed E-state index contributed by atoms with van der Waals surface area (Å²) in [5.74, 6) is 0.544. The lowest BCUT2D eigenvalue weighted by atomic mass is 10.00. The van der Waals surface area contributed by atoms with Gasteiger partial charge in [-0.05, 0) is 31.5 Å². The van der Waals surface area contributed by atoms with Crippen LogP contribution in [0.2, 0.25) is 0 Å². The molecule has 4 heteroatoms. The molecule has 0 aromatic heterocycles. The Morgan fingerprint density at radius 2 is 1.94 bits per heavy atom. The molecular formula is C13H20N2O2. The van der Waals surface area contributed by atoms with Crippen molar-refractivity contribution in [1.29, 1.82) is 0 Å². The summed E-state index contributed by atoms with van der Waals surface area (Å²) < 4.78 is 5.09. The molecular weight excluding hydrogens is 216 g/mol. The van der Waals surface area contributed by atoms with Crippen LogP contribution in [0.25, 0.3) is 0 Å². The third-order valence-electron chi connectivity index (χ3n) is 2.55. The van der Waals surface area contributed by atoms with Gasteiger partial charge in [0.2, 0.25) is 5.91 Å². The van der Waals surface area contributed by atoms with E-state index < -0.39 is 0 Å². The van der Waals surface area contributed by atoms with Crippen molar-refractivity contribution in [2.45, 2.75) is 32.4 Å². The monoisotopic (exact) mass is 236 g/mol. The van der Waals surface area contributed by atoms with Crippen molar-refractivity contribution in [3.63, 3.8) is 0 Å². The number of nitrogens with one attached hydrogen (secondary N) is 1. The molecule has 1 aromatic carbocycles. The Kier molecular flexibility index (Phi) is 4.52. The number of nitrogens with two attached hydrogens (primary N) is 1. The molecule has 0 atom stereocenters. The van der Waals surface area contributed by atoms with Gasteiger partial charge < -0.3 is 15.8 Å². The molecule has 1 amide bonds. The molecule has 0 aliphatic rings. The van der Waals surface area contributed by atoms with Crippen LogP contribution in [0.1, 0.15) is 25.8 Å². The normalized spacial score (nSPS) is 11.2. The van der Waals surface area contributed by atoms with Crippen LogP contribution in [0.3, 0.4) is 0 Å². The maximum Gasteiger partial charge on any atom is 0.219 e. The number of benzene rings is 1. The lowest BCUT2D eigenvalue weighted by Gasteiger charge is -2.24. The number of methoxy groups -OCH3 is 1. The van der Waals surface area contributed by atoms with Crippen LogP contribution in [-0.4, -0.2) is 18.6 Å². The summed E-state index contributed by atoms with van der Waals surface area (Å²) in [4.78, 5) is 10.9. The number of primary amides is 1. The van der Waals surface area contributed by atoms with E-state index in [0.29, 0.717) is 13.0 Å². The Balaban J connectivity index is 2.51. The summed E-state index contributed by atoms with van der Waals surface area (Å²) >= 11 is 0. The Bertz CT molecular complexity index is 372. The highest BCUT2D eigenvalue weighted by Crippen LogP contribution is 2.13. The molecule has 0 fully saturated rings. The fraction of sp³-hybridized carbons (Fsp3) is 0.462. The molecule has 0 spiro atoms. The number of rotatable bonds is 6. The van der Waals surface area contributed by atoms with Gasteiger partial charge in [0.25, 0.3) is 0 Å². The van der Waals surface area contributed by atoms with E-state index in [4.69, 9.17) is 10.5 Å². The highest BCUT2D eigenvalue weighted by molar-refractivity contribution is 5.74. The van der Waals surface area contributed by atoms with E-state index in [2.05, 4.69) is 5.32 Å². The second-order valence-electron chi connectivity index (χ2n) is 4.73. The zero-order valence-corrected chi connectivity index (χ0v) is 10.6. The van der Waals surface area contributed by atoms with Crippen LogP contribution in [0, 0.1) is 0 Å². The molecule has 0 bridgehead atoms. The van der Waals surface area contributed by atoms with Gasteiger partial charge in [-0.15, -0.1) is 0 Å². The molecule has 0 saturated heterocycles. The van der Waals surface area contributed by atoms with Crippen LogP contribution < -0.4 is 15.8 Å². The maximum absolute atomic E-state index is 10.9. The molecule has 0 saturated carbocycles. The summed E-state index contributed by atoms with van der Waals surface area (Å²) in [6, 6.07) is 7.81. The molecule has 0 heterocycles. The predicted octanol–water partition coefficient (Wildman–Crippen LogP) is 1.44. The molecule has 94 valence electrons. The largest absolute Gasteiger partial charge is 0.497 e. The molecule has 0 aliphatic carbocycles. The van der Waals surface area contributed by atoms with Gasteiger partial charge in [0.1, 0.15) is 5.75 Å². The zero-order chi connectivity index (χ0) is 12.9. The molecule has 3 N–H and O–H groups in total. The van der Waals surface area contributed by atoms with Gasteiger partial charge in [-0.25, -0.2) is 0 Å². The quantitative estimate of drug-likeness (QED) is 0.785. The van der Waals surface area contributed by atoms with Crippen molar-refractivity contribution in [3.8, 4) is 5.75 Å². The van der Waals surface area contributed by atoms with Crippen LogP contribution in [0.4, 0.5) is 0 Å². The number of carbonyl (C=O) groups excluding carboxylic acids is 1. The van der Waals surface area contributed by atoms with E-state index in [1.807, 2.05) is 38.1 Å². The van der Waals surface area contributed by atoms with E-state index in [0.717, 1.165) is 11.3 Å². The molecule has 17 heavy (non-hydrogen) atoms. The van der Waals surface area contributed by atoms with E-state index in [-0.39, 0.29) is 11.4 Å². The van der Waals surface area contributed by atoms with Gasteiger partial charge >= 0.3 is 0 Å². The van der Waals surface area contributed by atoms with Crippen LogP contribution in [0.5, 0.6) is 5.75 Å². The first-order chi connectivity index (χ1) is 7.93. The standard InChI is InChI=1S/C13H20N2O2/c1-13(2,8-12(14)16)15-9-10-4-6-11(17-3)7-5-10/h4-7,15H,8-9H2,1-3H3,(H2,14,16). The van der Waals surface area contributed by atoms with Gasteiger partial charge in [0.15, 0.2) is 0 Å². The molecule has 4 nitrogen and oxygen atoms in total. The number of ether oxygens (including phenoxy) is 1. The van der Waals surface area contributed by atoms with Crippen molar-refractivity contribution in [3.05, 3.63) is 29.8 Å². The van der Waals surface area contributed by atoms with E-state index in [1.54, 1.807) is 7.11 Å². The van der Waals surface area contributed by atoms with Gasteiger partial charge in [-0.1, -0.05) is 12.1 Å². The number of amides is 1. The summed E-state index contributed by atoms with van der Waals surface area (Å²) in [5, 5.41) is 3.30. The highest BCUT2D eigenvalue weighted by Gasteiger charge is 2.19. The average Bonchev–Trinajstić information content (AvgIpc) is 2.25. The van der Waals surface area contributed by atoms with Crippen molar-refractivity contribution >= 4 is 5.91 Å². The first-order valence-electron chi connectivity index (χ1n) is 5.59. The second-order valence-corrected chi connectivity index (χ2v) is 4.73. The minimum absolute atomic E-state index is 0.286. The Morgan fingerprint density at radius 1 is 1.35 bits per heavy atom. The van der Waals surface area contributed by atoms with Gasteiger partial charge in [0, 0.05) is 18.5 Å². The molecule has 0 radical (unpaired) electrons. The topological polar surface area (TPSA) is 64.3 Å². The zero-order valence-electron chi connectivity index (χ0n) is 10.6. The summed E-state index contributed by atoms with van der Waals surface area (Å²) in [6.07, 6.45) is 0.323. The van der Waals surface area contributed by atoms with Crippen molar-refractivity contribution in [1.82, 2.24) is 5.32 Å². The predicted molar refractivity (Wildman–Crippen MR) is 67.7 cm³/mol. The van der Waals surface area contributed by atoms with E-state index in [1.165, 1.54) is 0 Å². The van der Waals surface area contributed by atoms with E-state index >= 15 is 0 Å². The van der Waals surface area contributed by atoms with Crippen molar-refractivity contribution in [2.75, 3.05) is 7.11 Å². The molecule has 1 aromatic rings. The fourth-order valence-corrected chi connectivity index (χ4v) is 1.58. The van der Waals surface area contributed by atoms with Crippen molar-refractivity contribution < 1.29 is 9.53 Å². The molecule has 0 unspecified atom stereocenters. The lowest BCUT2D eigenvalue weighted by molar-refractivity contribution is -0.119. The molecule has 0 aliphatic heterocycles. The summed E-state index contributed by atoms with van der Waals surface area (Å²) in [6.45, 7) is 4.62. The van der Waals surface area contributed by atoms with Gasteiger partial charge in [0.05, 0.1) is 7.11 Å². The van der Waals surface area contributed by atoms with E-state index in [9.17, 15) is 4.79 Å². The second kappa shape index (κ2) is 5.68.